The molecule has 23 heavy (non-hydrogen) atoms. The SMILES string of the molecule is CCOC(=O)/C=C/c1cccc(S(=O)(=O)Bc2ccccc2)c1. The third-order valence-electron chi connectivity index (χ3n) is 3.12. The summed E-state index contributed by atoms with van der Waals surface area (Å²) in [5, 5.41) is 0. The standard InChI is InChI=1S/C17H17BO4S/c1-2-22-17(19)12-11-14-7-6-10-16(13-14)23(20,21)18-15-8-4-3-5-9-15/h3-13,18H,2H2,1H3/b12-11+. The fourth-order valence-corrected chi connectivity index (χ4v) is 3.44. The molecule has 0 spiro atoms. The molecule has 4 nitrogen and oxygen atoms in total. The Kier molecular flexibility index (Phi) is 5.76. The Morgan fingerprint density at radius 1 is 1.13 bits per heavy atom. The fraction of sp³-hybridized carbons (Fsp3) is 0.118. The minimum Gasteiger partial charge on any atom is -0.463 e. The summed E-state index contributed by atoms with van der Waals surface area (Å²) in [6, 6.07) is 15.5. The summed E-state index contributed by atoms with van der Waals surface area (Å²) in [4.78, 5) is 11.5. The van der Waals surface area contributed by atoms with E-state index >= 15 is 0 Å². The highest BCUT2D eigenvalue weighted by Crippen LogP contribution is 2.13. The number of rotatable bonds is 6. The number of esters is 1. The molecule has 6 heteroatoms. The van der Waals surface area contributed by atoms with Crippen LogP contribution in [-0.4, -0.2) is 27.6 Å². The highest BCUT2D eigenvalue weighted by atomic mass is 32.2. The van der Waals surface area contributed by atoms with E-state index in [0.29, 0.717) is 12.2 Å². The predicted octanol–water partition coefficient (Wildman–Crippen LogP) is 1.71. The first-order valence-electron chi connectivity index (χ1n) is 7.23. The molecule has 0 aromatic heterocycles. The molecule has 0 saturated carbocycles. The predicted molar refractivity (Wildman–Crippen MR) is 92.5 cm³/mol. The maximum absolute atomic E-state index is 12.5. The lowest BCUT2D eigenvalue weighted by molar-refractivity contribution is -0.137. The third kappa shape index (κ3) is 5.11. The lowest BCUT2D eigenvalue weighted by Crippen LogP contribution is -2.23. The Labute approximate surface area is 136 Å². The summed E-state index contributed by atoms with van der Waals surface area (Å²) in [7, 11) is -3.43. The van der Waals surface area contributed by atoms with Crippen molar-refractivity contribution in [2.45, 2.75) is 11.8 Å². The number of hydrogen-bond acceptors (Lipinski definition) is 4. The summed E-state index contributed by atoms with van der Waals surface area (Å²) in [6.07, 6.45) is 2.83. The quantitative estimate of drug-likeness (QED) is 0.460. The summed E-state index contributed by atoms with van der Waals surface area (Å²) in [5.41, 5.74) is 1.37. The van der Waals surface area contributed by atoms with E-state index in [9.17, 15) is 13.2 Å². The minimum absolute atomic E-state index is 0.0567. The largest absolute Gasteiger partial charge is 0.463 e. The van der Waals surface area contributed by atoms with E-state index in [2.05, 4.69) is 0 Å². The van der Waals surface area contributed by atoms with Crippen LogP contribution in [0, 0.1) is 0 Å². The molecular weight excluding hydrogens is 311 g/mol. The van der Waals surface area contributed by atoms with Gasteiger partial charge in [-0.15, -0.1) is 0 Å². The van der Waals surface area contributed by atoms with Gasteiger partial charge in [-0.3, -0.25) is 0 Å². The summed E-state index contributed by atoms with van der Waals surface area (Å²) in [5.74, 6) is -0.454. The van der Waals surface area contributed by atoms with Gasteiger partial charge >= 0.3 is 12.5 Å². The number of carbonyl (C=O) groups is 1. The van der Waals surface area contributed by atoms with Crippen molar-refractivity contribution in [1.29, 1.82) is 0 Å². The van der Waals surface area contributed by atoms with E-state index in [-0.39, 0.29) is 11.5 Å². The van der Waals surface area contributed by atoms with Gasteiger partial charge in [-0.1, -0.05) is 47.9 Å². The number of hydrogen-bond donors (Lipinski definition) is 0. The highest BCUT2D eigenvalue weighted by molar-refractivity contribution is 8.16. The van der Waals surface area contributed by atoms with Crippen molar-refractivity contribution < 1.29 is 17.9 Å². The van der Waals surface area contributed by atoms with Gasteiger partial charge in [0, 0.05) is 6.08 Å². The van der Waals surface area contributed by atoms with Gasteiger partial charge in [-0.25, -0.2) is 13.2 Å². The molecule has 0 atom stereocenters. The molecule has 0 amide bonds. The van der Waals surface area contributed by atoms with E-state index in [1.807, 2.05) is 18.2 Å². The lowest BCUT2D eigenvalue weighted by atomic mass is 9.95. The molecule has 0 unspecified atom stereocenters. The van der Waals surface area contributed by atoms with Crippen LogP contribution in [0.5, 0.6) is 0 Å². The monoisotopic (exact) mass is 328 g/mol. The van der Waals surface area contributed by atoms with Crippen LogP contribution >= 0.6 is 0 Å². The first kappa shape index (κ1) is 17.0. The van der Waals surface area contributed by atoms with Gasteiger partial charge in [-0.05, 0) is 30.7 Å². The van der Waals surface area contributed by atoms with E-state index in [1.165, 1.54) is 6.08 Å². The minimum atomic E-state index is -3.43. The van der Waals surface area contributed by atoms with Gasteiger partial charge in [0.25, 0.3) is 0 Å². The van der Waals surface area contributed by atoms with Crippen molar-refractivity contribution in [2.24, 2.45) is 0 Å². The molecule has 2 rings (SSSR count). The Balaban J connectivity index is 2.20. The van der Waals surface area contributed by atoms with Gasteiger partial charge in [0.15, 0.2) is 0 Å². The highest BCUT2D eigenvalue weighted by Gasteiger charge is 2.17. The van der Waals surface area contributed by atoms with Gasteiger partial charge in [-0.2, -0.15) is 0 Å². The van der Waals surface area contributed by atoms with E-state index in [0.717, 1.165) is 5.46 Å². The van der Waals surface area contributed by atoms with Crippen LogP contribution in [0.25, 0.3) is 6.08 Å². The van der Waals surface area contributed by atoms with Crippen LogP contribution < -0.4 is 5.46 Å². The van der Waals surface area contributed by atoms with E-state index in [1.54, 1.807) is 49.4 Å². The molecule has 2 aromatic carbocycles. The van der Waals surface area contributed by atoms with Crippen molar-refractivity contribution in [3.63, 3.8) is 0 Å². The summed E-state index contributed by atoms with van der Waals surface area (Å²) in [6.45, 7) is 1.97. The van der Waals surface area contributed by atoms with Crippen LogP contribution in [-0.2, 0) is 19.2 Å². The molecule has 0 saturated heterocycles. The molecule has 118 valence electrons. The summed E-state index contributed by atoms with van der Waals surface area (Å²) >= 11 is 0. The topological polar surface area (TPSA) is 60.4 Å². The second kappa shape index (κ2) is 7.79. The molecule has 0 heterocycles. The molecule has 0 radical (unpaired) electrons. The maximum Gasteiger partial charge on any atom is 0.330 e. The first-order valence-corrected chi connectivity index (χ1v) is 8.88. The van der Waals surface area contributed by atoms with Crippen molar-refractivity contribution in [1.82, 2.24) is 0 Å². The fourth-order valence-electron chi connectivity index (χ4n) is 2.04. The van der Waals surface area contributed by atoms with E-state index in [4.69, 9.17) is 4.74 Å². The Morgan fingerprint density at radius 3 is 2.57 bits per heavy atom. The number of ether oxygens (including phenoxy) is 1. The van der Waals surface area contributed by atoms with Crippen LogP contribution in [0.3, 0.4) is 0 Å². The van der Waals surface area contributed by atoms with Crippen LogP contribution in [0.15, 0.2) is 65.6 Å². The molecule has 0 N–H and O–H groups in total. The second-order valence-corrected chi connectivity index (χ2v) is 6.89. The molecule has 0 aliphatic heterocycles. The number of benzene rings is 2. The zero-order valence-corrected chi connectivity index (χ0v) is 13.6. The zero-order chi connectivity index (χ0) is 16.7. The van der Waals surface area contributed by atoms with Gasteiger partial charge in [0.1, 0.15) is 9.69 Å². The Bertz CT molecular complexity index is 798. The van der Waals surface area contributed by atoms with E-state index < -0.39 is 15.7 Å². The normalized spacial score (nSPS) is 11.3. The van der Waals surface area contributed by atoms with Crippen molar-refractivity contribution in [3.8, 4) is 0 Å². The van der Waals surface area contributed by atoms with Crippen LogP contribution in [0.1, 0.15) is 12.5 Å². The molecule has 0 fully saturated rings. The average Bonchev–Trinajstić information content (AvgIpc) is 2.54. The number of carbonyl (C=O) groups excluding carboxylic acids is 1. The molecular formula is C17H17BO4S. The van der Waals surface area contributed by atoms with Crippen LogP contribution in [0.4, 0.5) is 0 Å². The van der Waals surface area contributed by atoms with Crippen molar-refractivity contribution >= 4 is 33.8 Å². The molecule has 0 bridgehead atoms. The molecule has 0 aliphatic carbocycles. The Hall–Kier alpha value is -2.34. The van der Waals surface area contributed by atoms with Crippen molar-refractivity contribution in [2.75, 3.05) is 6.61 Å². The Morgan fingerprint density at radius 2 is 1.87 bits per heavy atom. The van der Waals surface area contributed by atoms with Gasteiger partial charge in [0.05, 0.1) is 11.5 Å². The van der Waals surface area contributed by atoms with Crippen molar-refractivity contribution in [3.05, 3.63) is 66.2 Å². The molecule has 2 aromatic rings. The third-order valence-corrected chi connectivity index (χ3v) is 4.80. The van der Waals surface area contributed by atoms with Gasteiger partial charge in [0.2, 0.25) is 0 Å². The smallest absolute Gasteiger partial charge is 0.330 e. The zero-order valence-electron chi connectivity index (χ0n) is 12.8. The van der Waals surface area contributed by atoms with Crippen LogP contribution in [0.2, 0.25) is 0 Å². The summed E-state index contributed by atoms with van der Waals surface area (Å²) < 4.78 is 29.8. The maximum atomic E-state index is 12.5. The van der Waals surface area contributed by atoms with Gasteiger partial charge < -0.3 is 4.74 Å². The average molecular weight is 328 g/mol. The second-order valence-electron chi connectivity index (χ2n) is 4.90. The first-order chi connectivity index (χ1) is 11.0. The lowest BCUT2D eigenvalue weighted by Gasteiger charge is -2.04. The molecule has 0 aliphatic rings.